The summed E-state index contributed by atoms with van der Waals surface area (Å²) < 4.78 is 2.69. The summed E-state index contributed by atoms with van der Waals surface area (Å²) in [5.41, 5.74) is 11.5. The zero-order valence-corrected chi connectivity index (χ0v) is 23.0. The molecule has 0 bridgehead atoms. The molecule has 1 radical (unpaired) electrons. The van der Waals surface area contributed by atoms with Crippen LogP contribution in [0.1, 0.15) is 42.3 Å². The van der Waals surface area contributed by atoms with Gasteiger partial charge in [-0.25, -0.2) is 0 Å². The number of nitrogens with zero attached hydrogens (tertiary/aromatic N) is 2. The molecule has 183 valence electrons. The molecular weight excluding hydrogens is 511 g/mol. The van der Waals surface area contributed by atoms with E-state index in [1.54, 1.807) is 25.4 Å². The van der Waals surface area contributed by atoms with E-state index in [9.17, 15) is 9.59 Å². The Morgan fingerprint density at radius 3 is 2.39 bits per heavy atom. The Morgan fingerprint density at radius 1 is 1.03 bits per heavy atom. The van der Waals surface area contributed by atoms with Gasteiger partial charge in [-0.3, -0.25) is 0 Å². The van der Waals surface area contributed by atoms with Crippen LogP contribution in [0, 0.1) is 6.92 Å². The fourth-order valence-electron chi connectivity index (χ4n) is 3.88. The number of hydrogen-bond donors (Lipinski definition) is 2. The normalized spacial score (nSPS) is 11.7. The Bertz CT molecular complexity index is 1480. The van der Waals surface area contributed by atoms with Crippen molar-refractivity contribution < 1.29 is 4.79 Å². The van der Waals surface area contributed by atoms with Crippen LogP contribution in [0.4, 0.5) is 17.2 Å². The predicted molar refractivity (Wildman–Crippen MR) is 149 cm³/mol. The summed E-state index contributed by atoms with van der Waals surface area (Å²) in [6, 6.07) is 21.1. The minimum absolute atomic E-state index is 0.0455. The topological polar surface area (TPSA) is 90.0 Å². The molecule has 0 aliphatic carbocycles. The molecule has 1 aromatic heterocycles. The Labute approximate surface area is 218 Å². The number of carbonyl (C=O) groups is 1. The third-order valence-corrected chi connectivity index (χ3v) is 8.51. The van der Waals surface area contributed by atoms with Crippen molar-refractivity contribution in [1.29, 1.82) is 0 Å². The Balaban J connectivity index is 1.63. The Morgan fingerprint density at radius 2 is 1.72 bits per heavy atom. The molecule has 0 fully saturated rings. The third-order valence-electron chi connectivity index (χ3n) is 6.02. The molecule has 0 atom stereocenters. The van der Waals surface area contributed by atoms with Gasteiger partial charge in [-0.1, -0.05) is 0 Å². The van der Waals surface area contributed by atoms with Gasteiger partial charge in [-0.05, 0) is 0 Å². The van der Waals surface area contributed by atoms with Crippen molar-refractivity contribution in [3.63, 3.8) is 0 Å². The van der Waals surface area contributed by atoms with E-state index in [4.69, 9.17) is 5.73 Å². The summed E-state index contributed by atoms with van der Waals surface area (Å²) >= 11 is -0.737. The predicted octanol–water partition coefficient (Wildman–Crippen LogP) is 4.55. The molecule has 0 saturated heterocycles. The van der Waals surface area contributed by atoms with Crippen molar-refractivity contribution in [2.45, 2.75) is 33.1 Å². The van der Waals surface area contributed by atoms with Crippen molar-refractivity contribution in [2.75, 3.05) is 11.1 Å². The first-order valence-electron chi connectivity index (χ1n) is 11.7. The second-order valence-electron chi connectivity index (χ2n) is 9.84. The van der Waals surface area contributed by atoms with Crippen LogP contribution in [-0.2, 0) is 12.5 Å². The van der Waals surface area contributed by atoms with Gasteiger partial charge in [0.25, 0.3) is 0 Å². The second-order valence-corrected chi connectivity index (χ2v) is 12.2. The quantitative estimate of drug-likeness (QED) is 0.276. The van der Waals surface area contributed by atoms with Gasteiger partial charge in [0.2, 0.25) is 0 Å². The molecule has 4 rings (SSSR count). The average molecular weight is 542 g/mol. The van der Waals surface area contributed by atoms with E-state index in [0.717, 1.165) is 21.0 Å². The molecule has 0 unspecified atom stereocenters. The van der Waals surface area contributed by atoms with Crippen LogP contribution in [0.15, 0.2) is 77.7 Å². The molecule has 0 aliphatic rings. The molecule has 7 heteroatoms. The van der Waals surface area contributed by atoms with E-state index in [1.807, 2.05) is 61.5 Å². The van der Waals surface area contributed by atoms with Crippen molar-refractivity contribution in [2.24, 2.45) is 7.05 Å². The monoisotopic (exact) mass is 541 g/mol. The molecule has 0 amide bonds. The van der Waals surface area contributed by atoms with Gasteiger partial charge in [0.05, 0.1) is 0 Å². The number of aryl methyl sites for hydroxylation is 1. The van der Waals surface area contributed by atoms with E-state index in [-0.39, 0.29) is 21.4 Å². The zero-order valence-electron chi connectivity index (χ0n) is 21.2. The van der Waals surface area contributed by atoms with Crippen molar-refractivity contribution in [3.8, 4) is 11.3 Å². The van der Waals surface area contributed by atoms with E-state index in [1.165, 1.54) is 10.1 Å². The van der Waals surface area contributed by atoms with E-state index >= 15 is 0 Å². The first kappa shape index (κ1) is 25.5. The zero-order chi connectivity index (χ0) is 26.0. The summed E-state index contributed by atoms with van der Waals surface area (Å²) in [4.78, 5) is 30.5. The number of hydrogen-bond acceptors (Lipinski definition) is 5. The SMILES string of the molecule is Cc1c([As]C(=O)c2ccc(C(C)(C)C)cc2)cccc1-c1cn(C)c(=O)c(Nc2cccc(N)c2)n1. The van der Waals surface area contributed by atoms with E-state index in [2.05, 4.69) is 31.1 Å². The van der Waals surface area contributed by atoms with Crippen molar-refractivity contribution in [3.05, 3.63) is 100.0 Å². The fourth-order valence-corrected chi connectivity index (χ4v) is 5.86. The molecule has 0 saturated carbocycles. The molecule has 0 aliphatic heterocycles. The number of aromatic nitrogens is 2. The number of anilines is 3. The number of benzene rings is 3. The summed E-state index contributed by atoms with van der Waals surface area (Å²) in [6.45, 7) is 8.49. The van der Waals surface area contributed by atoms with Crippen LogP contribution in [0.25, 0.3) is 11.3 Å². The van der Waals surface area contributed by atoms with Crippen LogP contribution in [-0.4, -0.2) is 29.9 Å². The number of nitrogen functional groups attached to an aromatic ring is 1. The summed E-state index contributed by atoms with van der Waals surface area (Å²) in [5.74, 6) is 0.216. The number of carbonyl (C=O) groups excluding carboxylic acids is 1. The van der Waals surface area contributed by atoms with Gasteiger partial charge >= 0.3 is 219 Å². The van der Waals surface area contributed by atoms with Gasteiger partial charge in [-0.2, -0.15) is 0 Å². The van der Waals surface area contributed by atoms with E-state index < -0.39 is 15.8 Å². The van der Waals surface area contributed by atoms with Crippen LogP contribution in [0.2, 0.25) is 0 Å². The molecule has 3 N–H and O–H groups in total. The van der Waals surface area contributed by atoms with Crippen LogP contribution < -0.4 is 21.0 Å². The maximum atomic E-state index is 13.1. The van der Waals surface area contributed by atoms with Crippen molar-refractivity contribution in [1.82, 2.24) is 9.55 Å². The summed E-state index contributed by atoms with van der Waals surface area (Å²) in [5, 5.41) is 3.09. The number of nitrogens with one attached hydrogen (secondary N) is 1. The fraction of sp³-hybridized carbons (Fsp3) is 0.207. The molecular formula is C29H30AsN4O2. The first-order valence-corrected chi connectivity index (χ1v) is 13.6. The van der Waals surface area contributed by atoms with Gasteiger partial charge in [0.15, 0.2) is 0 Å². The number of nitrogens with two attached hydrogens (primary N) is 1. The van der Waals surface area contributed by atoms with Gasteiger partial charge in [0.1, 0.15) is 0 Å². The number of rotatable bonds is 6. The van der Waals surface area contributed by atoms with E-state index in [0.29, 0.717) is 17.1 Å². The van der Waals surface area contributed by atoms with Crippen LogP contribution in [0.5, 0.6) is 0 Å². The van der Waals surface area contributed by atoms with Crippen LogP contribution in [0.3, 0.4) is 0 Å². The van der Waals surface area contributed by atoms with Gasteiger partial charge < -0.3 is 0 Å². The molecule has 0 spiro atoms. The maximum absolute atomic E-state index is 13.1. The molecule has 4 aromatic rings. The Hall–Kier alpha value is -3.63. The van der Waals surface area contributed by atoms with Gasteiger partial charge in [0, 0.05) is 0 Å². The van der Waals surface area contributed by atoms with Crippen molar-refractivity contribution >= 4 is 41.9 Å². The minimum atomic E-state index is -0.737. The third kappa shape index (κ3) is 5.60. The van der Waals surface area contributed by atoms with Gasteiger partial charge in [-0.15, -0.1) is 0 Å². The first-order chi connectivity index (χ1) is 17.0. The standard InChI is InChI=1S/C29H30AsN4O2/c1-18-23(25-17-34(5)28(36)27(33-25)32-22-9-6-8-21(31)16-22)10-7-11-24(18)30-26(35)19-12-14-20(15-13-19)29(2,3)4/h6-17H,31H2,1-5H3,(H,32,33). The molecule has 3 aromatic carbocycles. The molecule has 1 heterocycles. The molecule has 36 heavy (non-hydrogen) atoms. The molecule has 6 nitrogen and oxygen atoms in total. The average Bonchev–Trinajstić information content (AvgIpc) is 2.83. The summed E-state index contributed by atoms with van der Waals surface area (Å²) in [7, 11) is 1.70. The Kier molecular flexibility index (Phi) is 7.18. The summed E-state index contributed by atoms with van der Waals surface area (Å²) in [6.07, 6.45) is 1.72. The second kappa shape index (κ2) is 10.2. The van der Waals surface area contributed by atoms with Crippen LogP contribution >= 0.6 is 0 Å².